The van der Waals surface area contributed by atoms with E-state index in [1.165, 1.54) is 0 Å². The number of fused-ring (bicyclic) bond motifs is 1. The molecule has 15 nitrogen and oxygen atoms in total. The number of carboxylic acids is 2. The first kappa shape index (κ1) is 35.0. The first-order valence-corrected chi connectivity index (χ1v) is 14.7. The number of amides is 3. The summed E-state index contributed by atoms with van der Waals surface area (Å²) in [5.74, 6) is -4.75. The molecule has 46 heavy (non-hydrogen) atoms. The number of rotatable bonds is 18. The Balaban J connectivity index is 1.86. The van der Waals surface area contributed by atoms with Gasteiger partial charge in [0, 0.05) is 42.9 Å². The van der Waals surface area contributed by atoms with E-state index in [4.69, 9.17) is 22.3 Å². The van der Waals surface area contributed by atoms with Crippen molar-refractivity contribution in [3.05, 3.63) is 71.9 Å². The minimum absolute atomic E-state index is 0.00788. The quantitative estimate of drug-likeness (QED) is 0.0501. The molecule has 0 saturated carbocycles. The second-order valence-electron chi connectivity index (χ2n) is 10.8. The third-order valence-corrected chi connectivity index (χ3v) is 7.21. The number of hydrogen-bond acceptors (Lipinski definition) is 7. The average molecular weight is 637 g/mol. The predicted octanol–water partition coefficient (Wildman–Crippen LogP) is -0.262. The summed E-state index contributed by atoms with van der Waals surface area (Å²) in [7, 11) is 0. The number of carbonyl (C=O) groups is 5. The fraction of sp³-hybridized carbons (Fsp3) is 0.355. The Morgan fingerprint density at radius 3 is 2.04 bits per heavy atom. The van der Waals surface area contributed by atoms with Crippen LogP contribution in [0.4, 0.5) is 0 Å². The molecule has 3 aromatic rings. The molecule has 0 aliphatic carbocycles. The van der Waals surface area contributed by atoms with Gasteiger partial charge in [0.15, 0.2) is 5.96 Å². The number of nitrogens with one attached hydrogen (secondary N) is 4. The summed E-state index contributed by atoms with van der Waals surface area (Å²) in [4.78, 5) is 70.2. The van der Waals surface area contributed by atoms with Gasteiger partial charge in [-0.3, -0.25) is 24.2 Å². The van der Waals surface area contributed by atoms with Crippen molar-refractivity contribution < 1.29 is 34.2 Å². The minimum Gasteiger partial charge on any atom is -0.481 e. The number of aromatic amines is 1. The van der Waals surface area contributed by atoms with E-state index in [0.717, 1.165) is 10.9 Å². The van der Waals surface area contributed by atoms with E-state index in [1.807, 2.05) is 24.3 Å². The van der Waals surface area contributed by atoms with Gasteiger partial charge in [0.2, 0.25) is 17.7 Å². The number of hydrogen-bond donors (Lipinski definition) is 9. The van der Waals surface area contributed by atoms with Gasteiger partial charge < -0.3 is 48.3 Å². The van der Waals surface area contributed by atoms with Crippen molar-refractivity contribution in [2.45, 2.75) is 62.7 Å². The molecule has 3 amide bonds. The molecular weight excluding hydrogens is 596 g/mol. The molecule has 12 N–H and O–H groups in total. The highest BCUT2D eigenvalue weighted by Crippen LogP contribution is 2.19. The zero-order chi connectivity index (χ0) is 33.6. The van der Waals surface area contributed by atoms with E-state index in [9.17, 15) is 29.1 Å². The maximum atomic E-state index is 13.8. The first-order valence-electron chi connectivity index (χ1n) is 14.7. The molecule has 0 fully saturated rings. The van der Waals surface area contributed by atoms with Crippen molar-refractivity contribution in [3.63, 3.8) is 0 Å². The van der Waals surface area contributed by atoms with E-state index in [0.29, 0.717) is 11.1 Å². The number of para-hydroxylation sites is 1. The van der Waals surface area contributed by atoms with Gasteiger partial charge in [0.05, 0.1) is 6.04 Å². The van der Waals surface area contributed by atoms with Crippen molar-refractivity contribution in [3.8, 4) is 0 Å². The molecule has 1 aromatic heterocycles. The Labute approximate surface area is 265 Å². The van der Waals surface area contributed by atoms with E-state index >= 15 is 0 Å². The van der Waals surface area contributed by atoms with Gasteiger partial charge in [-0.1, -0.05) is 48.5 Å². The Morgan fingerprint density at radius 2 is 1.39 bits per heavy atom. The SMILES string of the molecule is NC(N)=NCCCC(NC(=O)C(Cc1c[nH]c2ccccc12)NC(=O)C(Cc1ccccc1)NC(=O)C(N)CCC(=O)O)C(=O)O. The van der Waals surface area contributed by atoms with Crippen molar-refractivity contribution in [1.29, 1.82) is 0 Å². The number of aliphatic imine (C=N–C) groups is 1. The normalized spacial score (nSPS) is 13.5. The van der Waals surface area contributed by atoms with Crippen LogP contribution in [0, 0.1) is 0 Å². The Bertz CT molecular complexity index is 1540. The van der Waals surface area contributed by atoms with Crippen molar-refractivity contribution in [2.75, 3.05) is 6.54 Å². The predicted molar refractivity (Wildman–Crippen MR) is 170 cm³/mol. The highest BCUT2D eigenvalue weighted by molar-refractivity contribution is 5.95. The summed E-state index contributed by atoms with van der Waals surface area (Å²) < 4.78 is 0. The van der Waals surface area contributed by atoms with Gasteiger partial charge in [-0.15, -0.1) is 0 Å². The fourth-order valence-corrected chi connectivity index (χ4v) is 4.78. The van der Waals surface area contributed by atoms with Gasteiger partial charge in [0.25, 0.3) is 0 Å². The molecule has 3 rings (SSSR count). The number of benzene rings is 2. The number of guanidine groups is 1. The zero-order valence-electron chi connectivity index (χ0n) is 25.1. The molecule has 4 unspecified atom stereocenters. The van der Waals surface area contributed by atoms with Gasteiger partial charge in [-0.25, -0.2) is 4.79 Å². The Morgan fingerprint density at radius 1 is 0.783 bits per heavy atom. The van der Waals surface area contributed by atoms with Crippen LogP contribution in [-0.2, 0) is 36.8 Å². The highest BCUT2D eigenvalue weighted by atomic mass is 16.4. The lowest BCUT2D eigenvalue weighted by Crippen LogP contribution is -2.58. The molecular formula is C31H40N8O7. The van der Waals surface area contributed by atoms with Crippen molar-refractivity contribution in [1.82, 2.24) is 20.9 Å². The minimum atomic E-state index is -1.30. The highest BCUT2D eigenvalue weighted by Gasteiger charge is 2.31. The molecule has 2 aromatic carbocycles. The molecule has 4 atom stereocenters. The maximum absolute atomic E-state index is 13.8. The lowest BCUT2D eigenvalue weighted by Gasteiger charge is -2.25. The van der Waals surface area contributed by atoms with E-state index < -0.39 is 53.8 Å². The largest absolute Gasteiger partial charge is 0.481 e. The van der Waals surface area contributed by atoms with Crippen LogP contribution in [0.25, 0.3) is 10.9 Å². The standard InChI is InChI=1S/C31H40N8O7/c32-21(12-13-26(40)41)27(42)38-24(15-18-7-2-1-3-8-18)28(43)39-25(16-19-17-36-22-10-5-4-9-20(19)22)29(44)37-23(30(45)46)11-6-14-35-31(33)34/h1-5,7-10,17,21,23-25,36H,6,11-16,32H2,(H,37,44)(H,38,42)(H,39,43)(H,40,41)(H,45,46)(H4,33,34,35). The molecule has 246 valence electrons. The number of carboxylic acid groups (broad SMARTS) is 2. The number of aliphatic carboxylic acids is 2. The molecule has 0 aliphatic rings. The van der Waals surface area contributed by atoms with Crippen LogP contribution in [0.15, 0.2) is 65.8 Å². The molecule has 1 heterocycles. The van der Waals surface area contributed by atoms with Gasteiger partial charge in [-0.2, -0.15) is 0 Å². The monoisotopic (exact) mass is 636 g/mol. The van der Waals surface area contributed by atoms with Crippen LogP contribution in [-0.4, -0.2) is 81.5 Å². The second kappa shape index (κ2) is 17.2. The molecule has 0 saturated heterocycles. The lowest BCUT2D eigenvalue weighted by atomic mass is 10.0. The molecule has 0 radical (unpaired) electrons. The number of H-pyrrole nitrogens is 1. The summed E-state index contributed by atoms with van der Waals surface area (Å²) in [5, 5.41) is 27.4. The van der Waals surface area contributed by atoms with Crippen LogP contribution in [0.1, 0.15) is 36.8 Å². The van der Waals surface area contributed by atoms with E-state index in [2.05, 4.69) is 25.9 Å². The van der Waals surface area contributed by atoms with Gasteiger partial charge in [0.1, 0.15) is 18.1 Å². The summed E-state index contributed by atoms with van der Waals surface area (Å²) in [6.45, 7) is 0.160. The van der Waals surface area contributed by atoms with Crippen LogP contribution in [0.5, 0.6) is 0 Å². The van der Waals surface area contributed by atoms with Crippen LogP contribution >= 0.6 is 0 Å². The van der Waals surface area contributed by atoms with E-state index in [-0.39, 0.29) is 51.0 Å². The maximum Gasteiger partial charge on any atom is 0.326 e. The molecule has 0 bridgehead atoms. The Hall–Kier alpha value is -5.44. The lowest BCUT2D eigenvalue weighted by molar-refractivity contribution is -0.142. The van der Waals surface area contributed by atoms with E-state index in [1.54, 1.807) is 36.5 Å². The van der Waals surface area contributed by atoms with Crippen LogP contribution < -0.4 is 33.2 Å². The molecule has 15 heteroatoms. The summed E-state index contributed by atoms with van der Waals surface area (Å²) in [6, 6.07) is 11.3. The number of nitrogens with two attached hydrogens (primary N) is 3. The number of carbonyl (C=O) groups excluding carboxylic acids is 3. The summed E-state index contributed by atoms with van der Waals surface area (Å²) in [5.41, 5.74) is 18.7. The van der Waals surface area contributed by atoms with Gasteiger partial charge in [-0.05, 0) is 36.5 Å². The summed E-state index contributed by atoms with van der Waals surface area (Å²) in [6.07, 6.45) is 1.53. The fourth-order valence-electron chi connectivity index (χ4n) is 4.78. The zero-order valence-corrected chi connectivity index (χ0v) is 25.1. The second-order valence-corrected chi connectivity index (χ2v) is 10.8. The molecule has 0 aliphatic heterocycles. The average Bonchev–Trinajstić information content (AvgIpc) is 3.43. The van der Waals surface area contributed by atoms with Crippen molar-refractivity contribution in [2.24, 2.45) is 22.2 Å². The van der Waals surface area contributed by atoms with Crippen molar-refractivity contribution >= 4 is 46.5 Å². The number of nitrogens with zero attached hydrogens (tertiary/aromatic N) is 1. The molecule has 0 spiro atoms. The Kier molecular flexibility index (Phi) is 13.1. The first-order chi connectivity index (χ1) is 21.9. The van der Waals surface area contributed by atoms with Crippen LogP contribution in [0.2, 0.25) is 0 Å². The third-order valence-electron chi connectivity index (χ3n) is 7.21. The van der Waals surface area contributed by atoms with Gasteiger partial charge >= 0.3 is 11.9 Å². The van der Waals surface area contributed by atoms with Crippen LogP contribution in [0.3, 0.4) is 0 Å². The topological polar surface area (TPSA) is 268 Å². The third kappa shape index (κ3) is 10.9. The smallest absolute Gasteiger partial charge is 0.326 e. The summed E-state index contributed by atoms with van der Waals surface area (Å²) >= 11 is 0. The number of aromatic nitrogens is 1.